The standard InChI is InChI=1S/C3H4N2S.BrH/c1-2-6-3-5-4-1;/h1-2H,3H2;1H. The van der Waals surface area contributed by atoms with Crippen LogP contribution in [-0.2, 0) is 0 Å². The molecule has 4 heteroatoms. The molecule has 0 radical (unpaired) electrons. The number of hydrogen-bond acceptors (Lipinski definition) is 3. The Balaban J connectivity index is 0.000000360. The molecule has 0 unspecified atom stereocenters. The van der Waals surface area contributed by atoms with E-state index < -0.39 is 0 Å². The molecule has 0 aromatic carbocycles. The Labute approximate surface area is 56.9 Å². The zero-order valence-electron chi connectivity index (χ0n) is 3.57. The van der Waals surface area contributed by atoms with Crippen LogP contribution in [0.3, 0.4) is 0 Å². The molecule has 2 nitrogen and oxygen atoms in total. The lowest BCUT2D eigenvalue weighted by molar-refractivity contribution is 1.12. The van der Waals surface area contributed by atoms with Gasteiger partial charge in [-0.2, -0.15) is 10.2 Å². The Morgan fingerprint density at radius 2 is 2.43 bits per heavy atom. The van der Waals surface area contributed by atoms with Crippen molar-refractivity contribution >= 4 is 28.7 Å². The number of hydrogen-bond donors (Lipinski definition) is 0. The molecule has 0 bridgehead atoms. The Bertz CT molecular complexity index is 78.9. The Kier molecular flexibility index (Phi) is 4.44. The summed E-state index contributed by atoms with van der Waals surface area (Å²) < 4.78 is 0. The van der Waals surface area contributed by atoms with Gasteiger partial charge in [0.1, 0.15) is 5.88 Å². The van der Waals surface area contributed by atoms with Gasteiger partial charge in [0.05, 0.1) is 6.20 Å². The van der Waals surface area contributed by atoms with Crippen LogP contribution >= 0.6 is 28.7 Å². The molecular weight excluding hydrogens is 176 g/mol. The third-order valence-electron chi connectivity index (χ3n) is 0.438. The normalized spacial score (nSPS) is 16.0. The van der Waals surface area contributed by atoms with Gasteiger partial charge in [0.2, 0.25) is 0 Å². The molecule has 0 aromatic heterocycles. The summed E-state index contributed by atoms with van der Waals surface area (Å²) in [4.78, 5) is 0. The van der Waals surface area contributed by atoms with Gasteiger partial charge in [0.25, 0.3) is 0 Å². The lowest BCUT2D eigenvalue weighted by Gasteiger charge is -1.87. The van der Waals surface area contributed by atoms with Gasteiger partial charge in [-0.15, -0.1) is 28.7 Å². The zero-order valence-corrected chi connectivity index (χ0v) is 6.10. The lowest BCUT2D eigenvalue weighted by Crippen LogP contribution is -1.66. The summed E-state index contributed by atoms with van der Waals surface area (Å²) in [6.45, 7) is 0. The Morgan fingerprint density at radius 3 is 2.57 bits per heavy atom. The summed E-state index contributed by atoms with van der Waals surface area (Å²) in [5.74, 6) is 0.788. The molecule has 40 valence electrons. The highest BCUT2D eigenvalue weighted by atomic mass is 79.9. The first-order valence-electron chi connectivity index (χ1n) is 1.63. The van der Waals surface area contributed by atoms with Crippen LogP contribution in [0, 0.1) is 0 Å². The van der Waals surface area contributed by atoms with Crippen molar-refractivity contribution in [1.29, 1.82) is 0 Å². The minimum Gasteiger partial charge on any atom is -0.178 e. The predicted molar refractivity (Wildman–Crippen MR) is 36.8 cm³/mol. The molecule has 0 N–H and O–H groups in total. The molecule has 1 aliphatic rings. The van der Waals surface area contributed by atoms with Crippen LogP contribution in [-0.4, -0.2) is 5.88 Å². The van der Waals surface area contributed by atoms with Crippen molar-refractivity contribution in [2.24, 2.45) is 10.2 Å². The molecule has 0 amide bonds. The summed E-state index contributed by atoms with van der Waals surface area (Å²) in [6.07, 6.45) is 1.69. The first-order chi connectivity index (χ1) is 3.00. The number of thioether (sulfide) groups is 1. The number of nitrogens with zero attached hydrogens (tertiary/aromatic N) is 2. The topological polar surface area (TPSA) is 24.7 Å². The van der Waals surface area contributed by atoms with E-state index >= 15 is 0 Å². The fraction of sp³-hybridized carbons (Fsp3) is 0.333. The maximum atomic E-state index is 3.68. The molecule has 0 saturated heterocycles. The van der Waals surface area contributed by atoms with Crippen LogP contribution in [0.5, 0.6) is 0 Å². The van der Waals surface area contributed by atoms with Gasteiger partial charge in [0, 0.05) is 0 Å². The molecule has 0 aliphatic carbocycles. The molecule has 1 rings (SSSR count). The SMILES string of the molecule is Br.C1=CSCN=N1. The average molecular weight is 181 g/mol. The Morgan fingerprint density at radius 1 is 1.57 bits per heavy atom. The second-order valence-corrected chi connectivity index (χ2v) is 1.70. The van der Waals surface area contributed by atoms with Crippen LogP contribution in [0.2, 0.25) is 0 Å². The highest BCUT2D eigenvalue weighted by molar-refractivity contribution is 8.93. The van der Waals surface area contributed by atoms with Crippen molar-refractivity contribution in [3.05, 3.63) is 11.6 Å². The molecule has 0 saturated carbocycles. The van der Waals surface area contributed by atoms with Crippen LogP contribution in [0.25, 0.3) is 0 Å². The van der Waals surface area contributed by atoms with E-state index in [4.69, 9.17) is 0 Å². The molecule has 0 spiro atoms. The van der Waals surface area contributed by atoms with E-state index in [1.54, 1.807) is 18.0 Å². The van der Waals surface area contributed by atoms with E-state index in [0.717, 1.165) is 5.88 Å². The highest BCUT2D eigenvalue weighted by Crippen LogP contribution is 2.06. The fourth-order valence-corrected chi connectivity index (χ4v) is 0.587. The minimum atomic E-state index is 0. The van der Waals surface area contributed by atoms with Crippen molar-refractivity contribution < 1.29 is 0 Å². The van der Waals surface area contributed by atoms with E-state index in [0.29, 0.717) is 0 Å². The van der Waals surface area contributed by atoms with E-state index in [1.165, 1.54) is 0 Å². The third-order valence-corrected chi connectivity index (χ3v) is 1.02. The molecule has 1 aliphatic heterocycles. The van der Waals surface area contributed by atoms with Crippen molar-refractivity contribution in [3.63, 3.8) is 0 Å². The van der Waals surface area contributed by atoms with Crippen molar-refractivity contribution in [1.82, 2.24) is 0 Å². The summed E-state index contributed by atoms with van der Waals surface area (Å²) in [7, 11) is 0. The van der Waals surface area contributed by atoms with E-state index in [9.17, 15) is 0 Å². The van der Waals surface area contributed by atoms with Gasteiger partial charge in [0.15, 0.2) is 0 Å². The second-order valence-electron chi connectivity index (χ2n) is 0.838. The summed E-state index contributed by atoms with van der Waals surface area (Å²) in [5, 5.41) is 9.20. The monoisotopic (exact) mass is 180 g/mol. The summed E-state index contributed by atoms with van der Waals surface area (Å²) >= 11 is 1.65. The van der Waals surface area contributed by atoms with Gasteiger partial charge in [-0.1, -0.05) is 0 Å². The Hall–Kier alpha value is 0.170. The minimum absolute atomic E-state index is 0. The van der Waals surface area contributed by atoms with E-state index in [1.807, 2.05) is 5.41 Å². The summed E-state index contributed by atoms with van der Waals surface area (Å²) in [5.41, 5.74) is 0. The largest absolute Gasteiger partial charge is 0.178 e. The van der Waals surface area contributed by atoms with Crippen molar-refractivity contribution in [2.45, 2.75) is 0 Å². The highest BCUT2D eigenvalue weighted by Gasteiger charge is 1.79. The summed E-state index contributed by atoms with van der Waals surface area (Å²) in [6, 6.07) is 0. The molecule has 0 fully saturated rings. The molecule has 0 atom stereocenters. The third kappa shape index (κ3) is 2.82. The molecule has 1 heterocycles. The average Bonchev–Trinajstić information content (AvgIpc) is 1.72. The number of rotatable bonds is 0. The smallest absolute Gasteiger partial charge is 0.110 e. The van der Waals surface area contributed by atoms with Crippen molar-refractivity contribution in [2.75, 3.05) is 5.88 Å². The van der Waals surface area contributed by atoms with Crippen molar-refractivity contribution in [3.8, 4) is 0 Å². The maximum Gasteiger partial charge on any atom is 0.110 e. The molecular formula is C3H5BrN2S. The number of azo groups is 1. The van der Waals surface area contributed by atoms with Gasteiger partial charge in [-0.3, -0.25) is 0 Å². The predicted octanol–water partition coefficient (Wildman–Crippen LogP) is 2.19. The van der Waals surface area contributed by atoms with Crippen LogP contribution in [0.4, 0.5) is 0 Å². The fourth-order valence-electron chi connectivity index (χ4n) is 0.227. The molecule has 0 aromatic rings. The van der Waals surface area contributed by atoms with E-state index in [2.05, 4.69) is 10.2 Å². The second kappa shape index (κ2) is 4.33. The molecule has 7 heavy (non-hydrogen) atoms. The van der Waals surface area contributed by atoms with Gasteiger partial charge >= 0.3 is 0 Å². The first kappa shape index (κ1) is 7.17. The van der Waals surface area contributed by atoms with Gasteiger partial charge < -0.3 is 0 Å². The van der Waals surface area contributed by atoms with Gasteiger partial charge in [-0.05, 0) is 5.41 Å². The van der Waals surface area contributed by atoms with Gasteiger partial charge in [-0.25, -0.2) is 0 Å². The van der Waals surface area contributed by atoms with Crippen LogP contribution < -0.4 is 0 Å². The van der Waals surface area contributed by atoms with E-state index in [-0.39, 0.29) is 17.0 Å². The number of halogens is 1. The maximum absolute atomic E-state index is 3.68. The first-order valence-corrected chi connectivity index (χ1v) is 2.68. The lowest BCUT2D eigenvalue weighted by atomic mass is 11.1. The quantitative estimate of drug-likeness (QED) is 0.562. The van der Waals surface area contributed by atoms with Crippen LogP contribution in [0.1, 0.15) is 0 Å². The van der Waals surface area contributed by atoms with Crippen LogP contribution in [0.15, 0.2) is 21.8 Å². The zero-order chi connectivity index (χ0) is 4.24.